The molecule has 0 aromatic carbocycles. The van der Waals surface area contributed by atoms with Gasteiger partial charge < -0.3 is 15.2 Å². The Morgan fingerprint density at radius 1 is 1.44 bits per heavy atom. The quantitative estimate of drug-likeness (QED) is 0.768. The fourth-order valence-corrected chi connectivity index (χ4v) is 3.00. The zero-order valence-corrected chi connectivity index (χ0v) is 10.4. The Hall–Kier alpha value is -0.160. The van der Waals surface area contributed by atoms with Crippen LogP contribution in [0.4, 0.5) is 0 Å². The molecule has 2 aliphatic heterocycles. The van der Waals surface area contributed by atoms with Gasteiger partial charge in [0.1, 0.15) is 0 Å². The van der Waals surface area contributed by atoms with Gasteiger partial charge in [-0.2, -0.15) is 0 Å². The fraction of sp³-hybridized carbons (Fsp3) is 1.00. The molecule has 2 fully saturated rings. The maximum Gasteiger partial charge on any atom is 0.0703 e. The van der Waals surface area contributed by atoms with Crippen LogP contribution in [0, 0.1) is 0 Å². The van der Waals surface area contributed by atoms with E-state index in [-0.39, 0.29) is 5.54 Å². The Morgan fingerprint density at radius 3 is 2.75 bits per heavy atom. The molecule has 16 heavy (non-hydrogen) atoms. The van der Waals surface area contributed by atoms with E-state index in [0.717, 1.165) is 39.1 Å². The Morgan fingerprint density at radius 2 is 2.25 bits per heavy atom. The molecule has 0 aromatic heterocycles. The monoisotopic (exact) mass is 228 g/mol. The van der Waals surface area contributed by atoms with Crippen molar-refractivity contribution in [3.63, 3.8) is 0 Å². The molecular formula is C12H24N2O2. The lowest BCUT2D eigenvalue weighted by molar-refractivity contribution is -0.0606. The third-order valence-electron chi connectivity index (χ3n) is 4.26. The lowest BCUT2D eigenvalue weighted by Crippen LogP contribution is -2.61. The largest absolute Gasteiger partial charge is 0.379 e. The molecule has 4 heteroatoms. The van der Waals surface area contributed by atoms with Gasteiger partial charge in [-0.15, -0.1) is 0 Å². The van der Waals surface area contributed by atoms with Gasteiger partial charge in [0, 0.05) is 25.8 Å². The van der Waals surface area contributed by atoms with Gasteiger partial charge in [-0.3, -0.25) is 4.90 Å². The first-order valence-corrected chi connectivity index (χ1v) is 6.32. The summed E-state index contributed by atoms with van der Waals surface area (Å²) in [5.41, 5.74) is 6.02. The lowest BCUT2D eigenvalue weighted by Gasteiger charge is -2.47. The normalized spacial score (nSPS) is 40.5. The fourth-order valence-electron chi connectivity index (χ4n) is 3.00. The molecule has 0 saturated carbocycles. The van der Waals surface area contributed by atoms with Crippen molar-refractivity contribution in [3.05, 3.63) is 0 Å². The second kappa shape index (κ2) is 5.00. The number of likely N-dealkylation sites (N-methyl/N-ethyl adjacent to an activating group) is 1. The van der Waals surface area contributed by atoms with Gasteiger partial charge in [-0.05, 0) is 33.2 Å². The van der Waals surface area contributed by atoms with Gasteiger partial charge in [0.05, 0.1) is 18.2 Å². The summed E-state index contributed by atoms with van der Waals surface area (Å²) in [5, 5.41) is 0. The third-order valence-corrected chi connectivity index (χ3v) is 4.26. The van der Waals surface area contributed by atoms with E-state index >= 15 is 0 Å². The molecule has 0 amide bonds. The molecule has 4 nitrogen and oxygen atoms in total. The Kier molecular flexibility index (Phi) is 3.85. The molecule has 2 N–H and O–H groups in total. The van der Waals surface area contributed by atoms with Gasteiger partial charge >= 0.3 is 0 Å². The summed E-state index contributed by atoms with van der Waals surface area (Å²) < 4.78 is 11.3. The average Bonchev–Trinajstić information content (AvgIpc) is 2.75. The Bertz CT molecular complexity index is 229. The van der Waals surface area contributed by atoms with Crippen LogP contribution in [0.2, 0.25) is 0 Å². The summed E-state index contributed by atoms with van der Waals surface area (Å²) in [6.07, 6.45) is 3.68. The molecule has 0 aliphatic carbocycles. The summed E-state index contributed by atoms with van der Waals surface area (Å²) in [6.45, 7) is 5.35. The molecule has 2 aliphatic rings. The van der Waals surface area contributed by atoms with Gasteiger partial charge in [-0.25, -0.2) is 0 Å². The van der Waals surface area contributed by atoms with Crippen LogP contribution in [-0.2, 0) is 9.47 Å². The van der Waals surface area contributed by atoms with Gasteiger partial charge in [0.15, 0.2) is 0 Å². The van der Waals surface area contributed by atoms with E-state index in [1.807, 2.05) is 0 Å². The molecule has 3 unspecified atom stereocenters. The van der Waals surface area contributed by atoms with Gasteiger partial charge in [-0.1, -0.05) is 0 Å². The minimum Gasteiger partial charge on any atom is -0.379 e. The molecule has 94 valence electrons. The van der Waals surface area contributed by atoms with Crippen LogP contribution in [-0.4, -0.2) is 56.0 Å². The van der Waals surface area contributed by atoms with Crippen LogP contribution >= 0.6 is 0 Å². The highest BCUT2D eigenvalue weighted by Crippen LogP contribution is 2.30. The molecule has 2 heterocycles. The van der Waals surface area contributed by atoms with E-state index in [2.05, 4.69) is 18.9 Å². The number of rotatable bonds is 3. The highest BCUT2D eigenvalue weighted by molar-refractivity contribution is 4.97. The van der Waals surface area contributed by atoms with Crippen molar-refractivity contribution in [3.8, 4) is 0 Å². The maximum absolute atomic E-state index is 5.99. The molecule has 2 rings (SSSR count). The van der Waals surface area contributed by atoms with E-state index in [9.17, 15) is 0 Å². The van der Waals surface area contributed by atoms with Crippen LogP contribution in [0.25, 0.3) is 0 Å². The van der Waals surface area contributed by atoms with E-state index in [1.54, 1.807) is 0 Å². The highest BCUT2D eigenvalue weighted by atomic mass is 16.5. The van der Waals surface area contributed by atoms with Crippen LogP contribution < -0.4 is 5.73 Å². The molecule has 0 radical (unpaired) electrons. The van der Waals surface area contributed by atoms with E-state index in [4.69, 9.17) is 15.2 Å². The van der Waals surface area contributed by atoms with Crippen LogP contribution in [0.1, 0.15) is 26.2 Å². The zero-order valence-electron chi connectivity index (χ0n) is 10.4. The number of nitrogens with two attached hydrogens (primary N) is 1. The lowest BCUT2D eigenvalue weighted by atomic mass is 9.88. The predicted octanol–water partition coefficient (Wildman–Crippen LogP) is 0.603. The van der Waals surface area contributed by atoms with E-state index < -0.39 is 0 Å². The van der Waals surface area contributed by atoms with Gasteiger partial charge in [0.2, 0.25) is 0 Å². The SMILES string of the molecule is CC1OCCC1N(C)C1(CN)CCCOC1. The molecule has 0 aromatic rings. The molecular weight excluding hydrogens is 204 g/mol. The highest BCUT2D eigenvalue weighted by Gasteiger charge is 2.42. The maximum atomic E-state index is 5.99. The first kappa shape index (κ1) is 12.3. The topological polar surface area (TPSA) is 47.7 Å². The second-order valence-corrected chi connectivity index (χ2v) is 5.13. The Balaban J connectivity index is 2.07. The summed E-state index contributed by atoms with van der Waals surface area (Å²) in [7, 11) is 2.18. The summed E-state index contributed by atoms with van der Waals surface area (Å²) >= 11 is 0. The number of ether oxygens (including phenoxy) is 2. The number of nitrogens with zero attached hydrogens (tertiary/aromatic N) is 1. The summed E-state index contributed by atoms with van der Waals surface area (Å²) in [5.74, 6) is 0. The van der Waals surface area contributed by atoms with Crippen LogP contribution in [0.5, 0.6) is 0 Å². The van der Waals surface area contributed by atoms with Crippen molar-refractivity contribution in [2.45, 2.75) is 43.9 Å². The molecule has 2 saturated heterocycles. The minimum atomic E-state index is 0.0326. The third kappa shape index (κ3) is 2.12. The Labute approximate surface area is 98.1 Å². The van der Waals surface area contributed by atoms with Gasteiger partial charge in [0.25, 0.3) is 0 Å². The van der Waals surface area contributed by atoms with Crippen molar-refractivity contribution in [1.29, 1.82) is 0 Å². The zero-order chi connectivity index (χ0) is 11.6. The summed E-state index contributed by atoms with van der Waals surface area (Å²) in [6, 6.07) is 0.491. The van der Waals surface area contributed by atoms with Crippen molar-refractivity contribution in [2.24, 2.45) is 5.73 Å². The smallest absolute Gasteiger partial charge is 0.0703 e. The first-order valence-electron chi connectivity index (χ1n) is 6.32. The minimum absolute atomic E-state index is 0.0326. The van der Waals surface area contributed by atoms with E-state index in [0.29, 0.717) is 18.7 Å². The van der Waals surface area contributed by atoms with Crippen molar-refractivity contribution in [1.82, 2.24) is 4.90 Å². The molecule has 0 spiro atoms. The number of hydrogen-bond acceptors (Lipinski definition) is 4. The van der Waals surface area contributed by atoms with Crippen molar-refractivity contribution < 1.29 is 9.47 Å². The average molecular weight is 228 g/mol. The predicted molar refractivity (Wildman–Crippen MR) is 63.4 cm³/mol. The molecule has 0 bridgehead atoms. The van der Waals surface area contributed by atoms with Crippen molar-refractivity contribution >= 4 is 0 Å². The second-order valence-electron chi connectivity index (χ2n) is 5.13. The van der Waals surface area contributed by atoms with Crippen LogP contribution in [0.3, 0.4) is 0 Å². The van der Waals surface area contributed by atoms with E-state index in [1.165, 1.54) is 0 Å². The summed E-state index contributed by atoms with van der Waals surface area (Å²) in [4.78, 5) is 2.42. The number of hydrogen-bond donors (Lipinski definition) is 1. The first-order chi connectivity index (χ1) is 7.69. The molecule has 3 atom stereocenters. The standard InChI is InChI=1S/C12H24N2O2/c1-10-11(4-7-16-10)14(2)12(8-13)5-3-6-15-9-12/h10-11H,3-9,13H2,1-2H3. The van der Waals surface area contributed by atoms with Crippen LogP contribution in [0.15, 0.2) is 0 Å². The van der Waals surface area contributed by atoms with Crippen molar-refractivity contribution in [2.75, 3.05) is 33.4 Å².